The Kier molecular flexibility index (Phi) is 4.54. The van der Waals surface area contributed by atoms with Crippen molar-refractivity contribution in [1.29, 1.82) is 0 Å². The number of aromatic nitrogens is 4. The average molecular weight is 335 g/mol. The van der Waals surface area contributed by atoms with Crippen LogP contribution in [0.1, 0.15) is 6.92 Å². The summed E-state index contributed by atoms with van der Waals surface area (Å²) >= 11 is 2.71. The molecule has 3 rings (SSSR count). The van der Waals surface area contributed by atoms with Crippen LogP contribution >= 0.6 is 23.1 Å². The zero-order valence-corrected chi connectivity index (χ0v) is 13.3. The summed E-state index contributed by atoms with van der Waals surface area (Å²) in [5, 5.41) is 10.4. The van der Waals surface area contributed by atoms with Crippen molar-refractivity contribution in [2.24, 2.45) is 0 Å². The zero-order valence-electron chi connectivity index (χ0n) is 11.7. The first-order chi connectivity index (χ1) is 10.7. The van der Waals surface area contributed by atoms with E-state index in [4.69, 9.17) is 4.74 Å². The van der Waals surface area contributed by atoms with E-state index in [-0.39, 0.29) is 11.7 Å². The van der Waals surface area contributed by atoms with Gasteiger partial charge in [0.2, 0.25) is 5.91 Å². The van der Waals surface area contributed by atoms with Crippen molar-refractivity contribution in [1.82, 2.24) is 20.2 Å². The fraction of sp³-hybridized carbons (Fsp3) is 0.231. The summed E-state index contributed by atoms with van der Waals surface area (Å²) in [6.45, 7) is 2.56. The van der Waals surface area contributed by atoms with Gasteiger partial charge in [0.15, 0.2) is 10.3 Å². The number of benzene rings is 1. The highest BCUT2D eigenvalue weighted by molar-refractivity contribution is 7.99. The van der Waals surface area contributed by atoms with Crippen LogP contribution < -0.4 is 10.1 Å². The molecule has 1 aromatic carbocycles. The minimum atomic E-state index is -0.134. The lowest BCUT2D eigenvalue weighted by Gasteiger charge is -2.00. The van der Waals surface area contributed by atoms with Gasteiger partial charge in [0.05, 0.1) is 22.6 Å². The van der Waals surface area contributed by atoms with Crippen molar-refractivity contribution < 1.29 is 9.53 Å². The number of rotatable bonds is 6. The highest BCUT2D eigenvalue weighted by Crippen LogP contribution is 2.29. The molecule has 0 aliphatic carbocycles. The van der Waals surface area contributed by atoms with E-state index in [2.05, 4.69) is 25.5 Å². The monoisotopic (exact) mass is 335 g/mol. The number of thioether (sulfide) groups is 1. The minimum Gasteiger partial charge on any atom is -0.494 e. The first-order valence-corrected chi connectivity index (χ1v) is 8.36. The van der Waals surface area contributed by atoms with Gasteiger partial charge in [0.1, 0.15) is 12.1 Å². The molecule has 3 aromatic rings. The van der Waals surface area contributed by atoms with Crippen LogP contribution in [0.4, 0.5) is 5.13 Å². The molecule has 0 bridgehead atoms. The van der Waals surface area contributed by atoms with E-state index in [1.165, 1.54) is 29.4 Å². The Balaban J connectivity index is 1.64. The van der Waals surface area contributed by atoms with Crippen LogP contribution in [-0.2, 0) is 4.79 Å². The molecule has 0 radical (unpaired) electrons. The van der Waals surface area contributed by atoms with Gasteiger partial charge < -0.3 is 10.1 Å². The third-order valence-corrected chi connectivity index (χ3v) is 4.46. The Morgan fingerprint density at radius 1 is 1.50 bits per heavy atom. The molecule has 0 saturated heterocycles. The zero-order chi connectivity index (χ0) is 15.4. The van der Waals surface area contributed by atoms with Crippen LogP contribution in [0.15, 0.2) is 29.7 Å². The second-order valence-electron chi connectivity index (χ2n) is 4.21. The molecular weight excluding hydrogens is 322 g/mol. The third-order valence-electron chi connectivity index (χ3n) is 2.65. The molecule has 9 heteroatoms. The van der Waals surface area contributed by atoms with Crippen molar-refractivity contribution in [3.63, 3.8) is 0 Å². The normalized spacial score (nSPS) is 10.8. The number of amides is 1. The van der Waals surface area contributed by atoms with Crippen LogP contribution in [0.2, 0.25) is 0 Å². The second kappa shape index (κ2) is 6.75. The summed E-state index contributed by atoms with van der Waals surface area (Å²) in [7, 11) is 0. The van der Waals surface area contributed by atoms with Crippen LogP contribution in [0.5, 0.6) is 5.75 Å². The molecule has 2 N–H and O–H groups in total. The molecule has 0 fully saturated rings. The van der Waals surface area contributed by atoms with Crippen LogP contribution in [0, 0.1) is 0 Å². The maximum atomic E-state index is 11.9. The predicted octanol–water partition coefficient (Wildman–Crippen LogP) is 2.54. The topological polar surface area (TPSA) is 92.8 Å². The van der Waals surface area contributed by atoms with Gasteiger partial charge in [0, 0.05) is 0 Å². The second-order valence-corrected chi connectivity index (χ2v) is 6.20. The lowest BCUT2D eigenvalue weighted by atomic mass is 10.3. The predicted molar refractivity (Wildman–Crippen MR) is 86.5 cm³/mol. The maximum absolute atomic E-state index is 11.9. The molecular formula is C13H13N5O2S2. The number of aromatic amines is 1. The van der Waals surface area contributed by atoms with E-state index in [1.54, 1.807) is 0 Å². The molecule has 0 aliphatic heterocycles. The number of thiazole rings is 1. The van der Waals surface area contributed by atoms with Crippen molar-refractivity contribution in [2.45, 2.75) is 12.1 Å². The fourth-order valence-electron chi connectivity index (χ4n) is 1.77. The number of nitrogens with zero attached hydrogens (tertiary/aromatic N) is 3. The van der Waals surface area contributed by atoms with Crippen molar-refractivity contribution >= 4 is 44.4 Å². The Bertz CT molecular complexity index is 772. The number of nitrogens with one attached hydrogen (secondary N) is 2. The lowest BCUT2D eigenvalue weighted by Crippen LogP contribution is -2.13. The van der Waals surface area contributed by atoms with Crippen molar-refractivity contribution in [2.75, 3.05) is 17.7 Å². The van der Waals surface area contributed by atoms with E-state index >= 15 is 0 Å². The number of anilines is 1. The van der Waals surface area contributed by atoms with Crippen molar-refractivity contribution in [3.8, 4) is 5.75 Å². The van der Waals surface area contributed by atoms with Gasteiger partial charge in [-0.15, -0.1) is 0 Å². The molecule has 0 unspecified atom stereocenters. The molecule has 7 nitrogen and oxygen atoms in total. The van der Waals surface area contributed by atoms with Gasteiger partial charge in [0.25, 0.3) is 0 Å². The summed E-state index contributed by atoms with van der Waals surface area (Å²) in [6, 6.07) is 5.68. The molecule has 0 saturated carbocycles. The standard InChI is InChI=1S/C13H13N5O2S2/c1-2-20-8-3-4-9-10(5-8)22-13(16-9)17-11(19)6-21-12-14-7-15-18-12/h3-5,7H,2,6H2,1H3,(H,14,15,18)(H,16,17,19). The number of ether oxygens (including phenoxy) is 1. The van der Waals surface area contributed by atoms with Gasteiger partial charge in [-0.1, -0.05) is 23.1 Å². The van der Waals surface area contributed by atoms with E-state index in [1.807, 2.05) is 25.1 Å². The van der Waals surface area contributed by atoms with E-state index in [0.29, 0.717) is 16.9 Å². The van der Waals surface area contributed by atoms with E-state index in [0.717, 1.165) is 16.0 Å². The first-order valence-electron chi connectivity index (χ1n) is 6.56. The summed E-state index contributed by atoms with van der Waals surface area (Å²) in [5.41, 5.74) is 0.839. The number of hydrogen-bond acceptors (Lipinski definition) is 7. The summed E-state index contributed by atoms with van der Waals surface area (Å²) in [4.78, 5) is 20.2. The third kappa shape index (κ3) is 3.55. The Labute approximate surface area is 134 Å². The number of carbonyl (C=O) groups is 1. The molecule has 0 aliphatic rings. The Morgan fingerprint density at radius 3 is 3.18 bits per heavy atom. The quantitative estimate of drug-likeness (QED) is 0.673. The SMILES string of the molecule is CCOc1ccc2nc(NC(=O)CSc3ncn[nH]3)sc2c1. The maximum Gasteiger partial charge on any atom is 0.236 e. The first kappa shape index (κ1) is 14.8. The molecule has 1 amide bonds. The van der Waals surface area contributed by atoms with E-state index < -0.39 is 0 Å². The highest BCUT2D eigenvalue weighted by atomic mass is 32.2. The molecule has 22 heavy (non-hydrogen) atoms. The number of fused-ring (bicyclic) bond motifs is 1. The van der Waals surface area contributed by atoms with Crippen LogP contribution in [-0.4, -0.2) is 38.4 Å². The van der Waals surface area contributed by atoms with Gasteiger partial charge in [-0.3, -0.25) is 9.89 Å². The summed E-state index contributed by atoms with van der Waals surface area (Å²) < 4.78 is 6.43. The largest absolute Gasteiger partial charge is 0.494 e. The molecule has 0 spiro atoms. The Hall–Kier alpha value is -2.13. The molecule has 0 atom stereocenters. The van der Waals surface area contributed by atoms with Crippen molar-refractivity contribution in [3.05, 3.63) is 24.5 Å². The van der Waals surface area contributed by atoms with Gasteiger partial charge >= 0.3 is 0 Å². The smallest absolute Gasteiger partial charge is 0.236 e. The Morgan fingerprint density at radius 2 is 2.41 bits per heavy atom. The molecule has 2 aromatic heterocycles. The highest BCUT2D eigenvalue weighted by Gasteiger charge is 2.10. The van der Waals surface area contributed by atoms with Gasteiger partial charge in [-0.25, -0.2) is 9.97 Å². The van der Waals surface area contributed by atoms with Crippen LogP contribution in [0.3, 0.4) is 0 Å². The summed E-state index contributed by atoms with van der Waals surface area (Å²) in [5.74, 6) is 0.915. The lowest BCUT2D eigenvalue weighted by molar-refractivity contribution is -0.113. The molecule has 2 heterocycles. The summed E-state index contributed by atoms with van der Waals surface area (Å²) in [6.07, 6.45) is 1.41. The minimum absolute atomic E-state index is 0.134. The molecule has 114 valence electrons. The average Bonchev–Trinajstić information content (AvgIpc) is 3.13. The van der Waals surface area contributed by atoms with Gasteiger partial charge in [-0.05, 0) is 25.1 Å². The number of H-pyrrole nitrogens is 1. The van der Waals surface area contributed by atoms with E-state index in [9.17, 15) is 4.79 Å². The number of hydrogen-bond donors (Lipinski definition) is 2. The van der Waals surface area contributed by atoms with Crippen LogP contribution in [0.25, 0.3) is 10.2 Å². The fourth-order valence-corrected chi connectivity index (χ4v) is 3.26. The van der Waals surface area contributed by atoms with Gasteiger partial charge in [-0.2, -0.15) is 5.10 Å². The number of carbonyl (C=O) groups excluding carboxylic acids is 1.